The molecular weight excluding hydrogens is 334 g/mol. The number of hydrazine groups is 1. The third-order valence-corrected chi connectivity index (χ3v) is 4.03. The lowest BCUT2D eigenvalue weighted by Gasteiger charge is -2.19. The summed E-state index contributed by atoms with van der Waals surface area (Å²) in [6, 6.07) is 1.84. The second-order valence-electron chi connectivity index (χ2n) is 5.37. The van der Waals surface area contributed by atoms with Crippen LogP contribution in [0.1, 0.15) is 28.8 Å². The number of hydrogen-bond acceptors (Lipinski definition) is 5. The van der Waals surface area contributed by atoms with Crippen LogP contribution in [-0.4, -0.2) is 35.3 Å². The number of aryl methyl sites for hydroxylation is 2. The molecule has 2 rings (SSSR count). The van der Waals surface area contributed by atoms with Gasteiger partial charge in [0.15, 0.2) is 0 Å². The molecule has 1 atom stereocenters. The molecule has 2 aromatic heterocycles. The Morgan fingerprint density at radius 2 is 2.19 bits per heavy atom. The van der Waals surface area contributed by atoms with Gasteiger partial charge in [-0.3, -0.25) is 10.5 Å². The van der Waals surface area contributed by atoms with Crippen molar-refractivity contribution in [1.29, 1.82) is 0 Å². The predicted octanol–water partition coefficient (Wildman–Crippen LogP) is 1.97. The number of nitrogens with one attached hydrogen (secondary N) is 1. The van der Waals surface area contributed by atoms with E-state index in [1.54, 1.807) is 6.20 Å². The maximum Gasteiger partial charge on any atom is 0.106 e. The first-order valence-electron chi connectivity index (χ1n) is 6.83. The van der Waals surface area contributed by atoms with Gasteiger partial charge in [0.2, 0.25) is 0 Å². The maximum absolute atomic E-state index is 5.80. The smallest absolute Gasteiger partial charge is 0.106 e. The van der Waals surface area contributed by atoms with Crippen LogP contribution in [0.4, 0.5) is 0 Å². The molecule has 0 aliphatic heterocycles. The van der Waals surface area contributed by atoms with Crippen molar-refractivity contribution in [2.45, 2.75) is 26.4 Å². The van der Waals surface area contributed by atoms with Gasteiger partial charge in [0.25, 0.3) is 0 Å². The van der Waals surface area contributed by atoms with E-state index in [2.05, 4.69) is 31.4 Å². The zero-order valence-electron chi connectivity index (χ0n) is 12.9. The van der Waals surface area contributed by atoms with E-state index in [1.165, 1.54) is 0 Å². The molecule has 0 saturated heterocycles. The minimum atomic E-state index is -0.165. The number of halogens is 1. The normalized spacial score (nSPS) is 13.1. The van der Waals surface area contributed by atoms with Crippen LogP contribution in [-0.2, 0) is 6.54 Å². The van der Waals surface area contributed by atoms with Crippen molar-refractivity contribution in [3.8, 4) is 0 Å². The van der Waals surface area contributed by atoms with E-state index in [0.29, 0.717) is 0 Å². The first kappa shape index (κ1) is 16.2. The molecule has 0 aromatic carbocycles. The second kappa shape index (κ2) is 6.74. The minimum absolute atomic E-state index is 0.165. The number of nitrogens with zero attached hydrogens (tertiary/aromatic N) is 3. The highest BCUT2D eigenvalue weighted by molar-refractivity contribution is 9.10. The Morgan fingerprint density at radius 1 is 1.48 bits per heavy atom. The largest absolute Gasteiger partial charge is 0.466 e. The first-order valence-corrected chi connectivity index (χ1v) is 7.62. The zero-order chi connectivity index (χ0) is 15.6. The van der Waals surface area contributed by atoms with E-state index in [-0.39, 0.29) is 6.04 Å². The molecule has 6 nitrogen and oxygen atoms in total. The average molecular weight is 356 g/mol. The average Bonchev–Trinajstić information content (AvgIpc) is 2.93. The summed E-state index contributed by atoms with van der Waals surface area (Å²) in [6.45, 7) is 5.58. The fourth-order valence-electron chi connectivity index (χ4n) is 2.38. The predicted molar refractivity (Wildman–Crippen MR) is 85.8 cm³/mol. The summed E-state index contributed by atoms with van der Waals surface area (Å²) < 4.78 is 8.53. The van der Waals surface area contributed by atoms with Crippen LogP contribution in [0.15, 0.2) is 21.2 Å². The highest BCUT2D eigenvalue weighted by atomic mass is 79.9. The van der Waals surface area contributed by atoms with Gasteiger partial charge in [0.05, 0.1) is 29.0 Å². The molecule has 0 fully saturated rings. The van der Waals surface area contributed by atoms with Gasteiger partial charge in [-0.1, -0.05) is 0 Å². The SMILES string of the molecule is Cc1cc(C(NN)c2c(Br)cnn2CCN(C)C)c(C)o1. The molecule has 0 aliphatic rings. The van der Waals surface area contributed by atoms with Crippen molar-refractivity contribution in [2.75, 3.05) is 20.6 Å². The highest BCUT2D eigenvalue weighted by Gasteiger charge is 2.24. The van der Waals surface area contributed by atoms with Gasteiger partial charge < -0.3 is 9.32 Å². The van der Waals surface area contributed by atoms with E-state index in [0.717, 1.165) is 40.3 Å². The number of nitrogens with two attached hydrogens (primary N) is 1. The van der Waals surface area contributed by atoms with E-state index in [9.17, 15) is 0 Å². The Hall–Kier alpha value is -1.15. The second-order valence-corrected chi connectivity index (χ2v) is 6.23. The molecule has 7 heteroatoms. The number of furan rings is 1. The zero-order valence-corrected chi connectivity index (χ0v) is 14.4. The number of hydrogen-bond donors (Lipinski definition) is 2. The molecule has 0 amide bonds. The Kier molecular flexibility index (Phi) is 5.21. The van der Waals surface area contributed by atoms with Gasteiger partial charge in [0.1, 0.15) is 11.5 Å². The van der Waals surface area contributed by atoms with Crippen molar-refractivity contribution in [1.82, 2.24) is 20.1 Å². The van der Waals surface area contributed by atoms with Gasteiger partial charge in [0, 0.05) is 12.1 Å². The lowest BCUT2D eigenvalue weighted by Crippen LogP contribution is -2.32. The maximum atomic E-state index is 5.80. The van der Waals surface area contributed by atoms with Gasteiger partial charge in [-0.05, 0) is 49.9 Å². The molecule has 1 unspecified atom stereocenters. The van der Waals surface area contributed by atoms with Crippen LogP contribution < -0.4 is 11.3 Å². The molecule has 0 aliphatic carbocycles. The highest BCUT2D eigenvalue weighted by Crippen LogP contribution is 2.31. The van der Waals surface area contributed by atoms with Crippen molar-refractivity contribution < 1.29 is 4.42 Å². The van der Waals surface area contributed by atoms with E-state index >= 15 is 0 Å². The number of rotatable bonds is 6. The molecule has 0 saturated carbocycles. The molecule has 116 valence electrons. The fourth-order valence-corrected chi connectivity index (χ4v) is 2.91. The Labute approximate surface area is 133 Å². The summed E-state index contributed by atoms with van der Waals surface area (Å²) in [5.41, 5.74) is 4.91. The van der Waals surface area contributed by atoms with Crippen LogP contribution in [0.2, 0.25) is 0 Å². The number of likely N-dealkylation sites (N-methyl/N-ethyl adjacent to an activating group) is 1. The lowest BCUT2D eigenvalue weighted by atomic mass is 10.0. The fraction of sp³-hybridized carbons (Fsp3) is 0.500. The summed E-state index contributed by atoms with van der Waals surface area (Å²) >= 11 is 3.57. The van der Waals surface area contributed by atoms with Crippen LogP contribution in [0.3, 0.4) is 0 Å². The van der Waals surface area contributed by atoms with Crippen LogP contribution >= 0.6 is 15.9 Å². The monoisotopic (exact) mass is 355 g/mol. The summed E-state index contributed by atoms with van der Waals surface area (Å²) in [5.74, 6) is 7.54. The van der Waals surface area contributed by atoms with Gasteiger partial charge >= 0.3 is 0 Å². The Balaban J connectivity index is 2.38. The van der Waals surface area contributed by atoms with Crippen molar-refractivity contribution >= 4 is 15.9 Å². The topological polar surface area (TPSA) is 72.2 Å². The molecule has 0 bridgehead atoms. The lowest BCUT2D eigenvalue weighted by molar-refractivity contribution is 0.365. The summed E-state index contributed by atoms with van der Waals surface area (Å²) in [5, 5.41) is 4.44. The molecule has 2 aromatic rings. The number of aromatic nitrogens is 2. The van der Waals surface area contributed by atoms with Crippen molar-refractivity contribution in [3.63, 3.8) is 0 Å². The molecule has 2 heterocycles. The van der Waals surface area contributed by atoms with Crippen LogP contribution in [0.25, 0.3) is 0 Å². The summed E-state index contributed by atoms with van der Waals surface area (Å²) in [4.78, 5) is 2.12. The van der Waals surface area contributed by atoms with Crippen molar-refractivity contribution in [3.05, 3.63) is 39.5 Å². The molecule has 21 heavy (non-hydrogen) atoms. The molecule has 3 N–H and O–H groups in total. The quantitative estimate of drug-likeness (QED) is 0.612. The van der Waals surface area contributed by atoms with Crippen LogP contribution in [0, 0.1) is 13.8 Å². The Bertz CT molecular complexity index is 605. The third-order valence-electron chi connectivity index (χ3n) is 3.42. The molecular formula is C14H22BrN5O. The third kappa shape index (κ3) is 3.55. The Morgan fingerprint density at radius 3 is 2.71 bits per heavy atom. The summed E-state index contributed by atoms with van der Waals surface area (Å²) in [7, 11) is 4.08. The van der Waals surface area contributed by atoms with E-state index < -0.39 is 0 Å². The minimum Gasteiger partial charge on any atom is -0.466 e. The molecule has 0 radical (unpaired) electrons. The molecule has 0 spiro atoms. The van der Waals surface area contributed by atoms with E-state index in [4.69, 9.17) is 10.3 Å². The van der Waals surface area contributed by atoms with Gasteiger partial charge in [-0.2, -0.15) is 5.10 Å². The van der Waals surface area contributed by atoms with Crippen molar-refractivity contribution in [2.24, 2.45) is 5.84 Å². The van der Waals surface area contributed by atoms with Gasteiger partial charge in [-0.25, -0.2) is 5.43 Å². The van der Waals surface area contributed by atoms with E-state index in [1.807, 2.05) is 38.7 Å². The summed E-state index contributed by atoms with van der Waals surface area (Å²) in [6.07, 6.45) is 1.80. The van der Waals surface area contributed by atoms with Gasteiger partial charge in [-0.15, -0.1) is 0 Å². The standard InChI is InChI=1S/C14H22BrN5O/c1-9-7-11(10(2)21-9)13(18-16)14-12(15)8-17-20(14)6-5-19(3)4/h7-8,13,18H,5-6,16H2,1-4H3. The van der Waals surface area contributed by atoms with Crippen LogP contribution in [0.5, 0.6) is 0 Å². The first-order chi connectivity index (χ1) is 9.93.